The molecule has 2 heteroatoms. The Kier molecular flexibility index (Phi) is 2.18. The zero-order valence-electron chi connectivity index (χ0n) is 7.36. The predicted octanol–water partition coefficient (Wildman–Crippen LogP) is 2.47. The molecule has 1 saturated carbocycles. The second kappa shape index (κ2) is 3.49. The summed E-state index contributed by atoms with van der Waals surface area (Å²) >= 11 is 0. The molecule has 1 fully saturated rings. The lowest BCUT2D eigenvalue weighted by Crippen LogP contribution is -1.96. The maximum absolute atomic E-state index is 8.40. The predicted molar refractivity (Wildman–Crippen MR) is 49.5 cm³/mol. The molecule has 0 amide bonds. The monoisotopic (exact) mass is 173 g/mol. The van der Waals surface area contributed by atoms with Crippen molar-refractivity contribution in [2.75, 3.05) is 6.61 Å². The van der Waals surface area contributed by atoms with E-state index in [0.29, 0.717) is 5.92 Å². The van der Waals surface area contributed by atoms with Crippen LogP contribution in [0.4, 0.5) is 0 Å². The molecule has 13 heavy (non-hydrogen) atoms. The largest absolute Gasteiger partial charge is 0.478 e. The number of nitriles is 1. The van der Waals surface area contributed by atoms with Gasteiger partial charge < -0.3 is 4.74 Å². The standard InChI is InChI=1S/C11H11NO/c12-7-8-13-11-4-2-1-3-10(11)9-5-6-9/h1-4,9H,5-6,8H2. The third kappa shape index (κ3) is 1.81. The summed E-state index contributed by atoms with van der Waals surface area (Å²) < 4.78 is 5.33. The summed E-state index contributed by atoms with van der Waals surface area (Å²) in [5.41, 5.74) is 1.26. The Balaban J connectivity index is 2.17. The van der Waals surface area contributed by atoms with E-state index in [1.165, 1.54) is 18.4 Å². The molecule has 0 atom stereocenters. The van der Waals surface area contributed by atoms with Gasteiger partial charge in [-0.25, -0.2) is 0 Å². The summed E-state index contributed by atoms with van der Waals surface area (Å²) in [7, 11) is 0. The molecule has 1 aromatic carbocycles. The molecule has 0 unspecified atom stereocenters. The van der Waals surface area contributed by atoms with E-state index in [1.807, 2.05) is 24.3 Å². The van der Waals surface area contributed by atoms with Crippen LogP contribution in [-0.2, 0) is 0 Å². The first kappa shape index (κ1) is 8.12. The number of ether oxygens (including phenoxy) is 1. The zero-order chi connectivity index (χ0) is 9.10. The highest BCUT2D eigenvalue weighted by Crippen LogP contribution is 2.43. The van der Waals surface area contributed by atoms with Gasteiger partial charge in [0, 0.05) is 0 Å². The van der Waals surface area contributed by atoms with E-state index in [2.05, 4.69) is 6.07 Å². The molecule has 0 bridgehead atoms. The van der Waals surface area contributed by atoms with Crippen LogP contribution in [0.5, 0.6) is 5.75 Å². The first-order valence-electron chi connectivity index (χ1n) is 4.50. The first-order valence-corrected chi connectivity index (χ1v) is 4.50. The Morgan fingerprint density at radius 1 is 1.38 bits per heavy atom. The molecule has 0 N–H and O–H groups in total. The van der Waals surface area contributed by atoms with Crippen molar-refractivity contribution < 1.29 is 4.74 Å². The lowest BCUT2D eigenvalue weighted by atomic mass is 10.1. The van der Waals surface area contributed by atoms with E-state index >= 15 is 0 Å². The molecule has 2 nitrogen and oxygen atoms in total. The number of nitrogens with zero attached hydrogens (tertiary/aromatic N) is 1. The summed E-state index contributed by atoms with van der Waals surface area (Å²) in [6.07, 6.45) is 2.51. The SMILES string of the molecule is N#CCOc1ccccc1C1CC1. The van der Waals surface area contributed by atoms with Gasteiger partial charge in [0.05, 0.1) is 0 Å². The van der Waals surface area contributed by atoms with Crippen LogP contribution in [0.1, 0.15) is 24.3 Å². The van der Waals surface area contributed by atoms with Crippen molar-refractivity contribution >= 4 is 0 Å². The molecule has 0 saturated heterocycles. The molecular weight excluding hydrogens is 162 g/mol. The fourth-order valence-corrected chi connectivity index (χ4v) is 1.45. The molecule has 1 aromatic rings. The Morgan fingerprint density at radius 2 is 2.15 bits per heavy atom. The van der Waals surface area contributed by atoms with Crippen molar-refractivity contribution in [2.45, 2.75) is 18.8 Å². The van der Waals surface area contributed by atoms with Gasteiger partial charge in [-0.1, -0.05) is 18.2 Å². The molecule has 0 aromatic heterocycles. The highest BCUT2D eigenvalue weighted by molar-refractivity contribution is 5.38. The van der Waals surface area contributed by atoms with E-state index in [1.54, 1.807) is 0 Å². The summed E-state index contributed by atoms with van der Waals surface area (Å²) in [4.78, 5) is 0. The lowest BCUT2D eigenvalue weighted by molar-refractivity contribution is 0.364. The van der Waals surface area contributed by atoms with Gasteiger partial charge in [-0.3, -0.25) is 0 Å². The van der Waals surface area contributed by atoms with Gasteiger partial charge in [-0.2, -0.15) is 5.26 Å². The van der Waals surface area contributed by atoms with Crippen LogP contribution in [0.15, 0.2) is 24.3 Å². The average Bonchev–Trinajstić information content (AvgIpc) is 2.98. The quantitative estimate of drug-likeness (QED) is 0.703. The van der Waals surface area contributed by atoms with Crippen LogP contribution in [0.2, 0.25) is 0 Å². The normalized spacial score (nSPS) is 15.0. The van der Waals surface area contributed by atoms with Crippen LogP contribution < -0.4 is 4.74 Å². The van der Waals surface area contributed by atoms with Crippen LogP contribution in [0.3, 0.4) is 0 Å². The third-order valence-electron chi connectivity index (χ3n) is 2.23. The average molecular weight is 173 g/mol. The van der Waals surface area contributed by atoms with Crippen molar-refractivity contribution in [2.24, 2.45) is 0 Å². The summed E-state index contributed by atoms with van der Waals surface area (Å²) in [5, 5.41) is 8.40. The third-order valence-corrected chi connectivity index (χ3v) is 2.23. The number of rotatable bonds is 3. The Labute approximate surface area is 77.8 Å². The van der Waals surface area contributed by atoms with Crippen LogP contribution >= 0.6 is 0 Å². The number of hydrogen-bond donors (Lipinski definition) is 0. The van der Waals surface area contributed by atoms with E-state index < -0.39 is 0 Å². The molecule has 1 aliphatic carbocycles. The minimum Gasteiger partial charge on any atom is -0.478 e. The number of para-hydroxylation sites is 1. The summed E-state index contributed by atoms with van der Waals surface area (Å²) in [5.74, 6) is 1.56. The Hall–Kier alpha value is -1.49. The smallest absolute Gasteiger partial charge is 0.174 e. The maximum atomic E-state index is 8.40. The van der Waals surface area contributed by atoms with Gasteiger partial charge in [0.25, 0.3) is 0 Å². The van der Waals surface area contributed by atoms with E-state index in [4.69, 9.17) is 10.00 Å². The second-order valence-electron chi connectivity index (χ2n) is 3.26. The number of benzene rings is 1. The first-order chi connectivity index (χ1) is 6.42. The summed E-state index contributed by atoms with van der Waals surface area (Å²) in [6.45, 7) is 0.143. The summed E-state index contributed by atoms with van der Waals surface area (Å²) in [6, 6.07) is 9.97. The van der Waals surface area contributed by atoms with Crippen molar-refractivity contribution in [1.82, 2.24) is 0 Å². The van der Waals surface area contributed by atoms with Crippen molar-refractivity contribution in [3.63, 3.8) is 0 Å². The zero-order valence-corrected chi connectivity index (χ0v) is 7.36. The highest BCUT2D eigenvalue weighted by Gasteiger charge is 2.26. The molecule has 1 aliphatic rings. The Morgan fingerprint density at radius 3 is 2.85 bits per heavy atom. The molecule has 2 rings (SSSR count). The van der Waals surface area contributed by atoms with Crippen LogP contribution in [0.25, 0.3) is 0 Å². The van der Waals surface area contributed by atoms with Gasteiger partial charge in [-0.05, 0) is 30.4 Å². The fourth-order valence-electron chi connectivity index (χ4n) is 1.45. The van der Waals surface area contributed by atoms with Crippen LogP contribution in [0, 0.1) is 11.3 Å². The van der Waals surface area contributed by atoms with Crippen LogP contribution in [-0.4, -0.2) is 6.61 Å². The molecule has 0 aliphatic heterocycles. The van der Waals surface area contributed by atoms with E-state index in [0.717, 1.165) is 5.75 Å². The van der Waals surface area contributed by atoms with Gasteiger partial charge in [0.1, 0.15) is 11.8 Å². The highest BCUT2D eigenvalue weighted by atomic mass is 16.5. The van der Waals surface area contributed by atoms with E-state index in [-0.39, 0.29) is 6.61 Å². The van der Waals surface area contributed by atoms with Crippen molar-refractivity contribution in [3.05, 3.63) is 29.8 Å². The minimum atomic E-state index is 0.143. The topological polar surface area (TPSA) is 33.0 Å². The van der Waals surface area contributed by atoms with Gasteiger partial charge in [-0.15, -0.1) is 0 Å². The maximum Gasteiger partial charge on any atom is 0.174 e. The number of hydrogen-bond acceptors (Lipinski definition) is 2. The minimum absolute atomic E-state index is 0.143. The van der Waals surface area contributed by atoms with Crippen molar-refractivity contribution in [1.29, 1.82) is 5.26 Å². The molecule has 66 valence electrons. The van der Waals surface area contributed by atoms with Gasteiger partial charge >= 0.3 is 0 Å². The fraction of sp³-hybridized carbons (Fsp3) is 0.364. The molecule has 0 radical (unpaired) electrons. The van der Waals surface area contributed by atoms with E-state index in [9.17, 15) is 0 Å². The molecule has 0 spiro atoms. The Bertz CT molecular complexity index is 336. The molecule has 0 heterocycles. The van der Waals surface area contributed by atoms with Gasteiger partial charge in [0.15, 0.2) is 6.61 Å². The van der Waals surface area contributed by atoms with Crippen molar-refractivity contribution in [3.8, 4) is 11.8 Å². The lowest BCUT2D eigenvalue weighted by Gasteiger charge is -2.06. The molecular formula is C11H11NO. The second-order valence-corrected chi connectivity index (χ2v) is 3.26. The van der Waals surface area contributed by atoms with Gasteiger partial charge in [0.2, 0.25) is 0 Å².